The number of carbonyl (C=O) groups is 3. The van der Waals surface area contributed by atoms with Crippen molar-refractivity contribution in [3.8, 4) is 0 Å². The van der Waals surface area contributed by atoms with Gasteiger partial charge in [0, 0.05) is 25.2 Å². The molecule has 2 atom stereocenters. The van der Waals surface area contributed by atoms with Crippen molar-refractivity contribution in [3.63, 3.8) is 0 Å². The van der Waals surface area contributed by atoms with Crippen LogP contribution in [0.1, 0.15) is 73.0 Å². The van der Waals surface area contributed by atoms with E-state index in [1.54, 1.807) is 9.80 Å². The first kappa shape index (κ1) is 24.3. The SMILES string of the molecule is CC(C)C(C(=O)N1CCCC1C(=O)NCc1ccc(C2=CCCC2)cc1)N1Cc2ccccc2C1=O. The standard InChI is InChI=1S/C30H35N3O3/c1-20(2)27(33-19-24-10-5-6-11-25(24)29(33)35)30(36)32-17-7-12-26(32)28(34)31-18-21-13-15-23(16-14-21)22-8-3-4-9-22/h5-6,8,10-11,13-16,20,26-27H,3-4,7,9,12,17-19H2,1-2H3,(H,31,34). The first-order valence-corrected chi connectivity index (χ1v) is 13.2. The van der Waals surface area contributed by atoms with Gasteiger partial charge < -0.3 is 15.1 Å². The van der Waals surface area contributed by atoms with Crippen molar-refractivity contribution in [2.75, 3.05) is 6.54 Å². The van der Waals surface area contributed by atoms with E-state index in [1.165, 1.54) is 17.6 Å². The van der Waals surface area contributed by atoms with Gasteiger partial charge >= 0.3 is 0 Å². The van der Waals surface area contributed by atoms with Gasteiger partial charge in [0.1, 0.15) is 12.1 Å². The maximum Gasteiger partial charge on any atom is 0.255 e. The molecule has 2 aliphatic heterocycles. The molecule has 1 fully saturated rings. The van der Waals surface area contributed by atoms with E-state index in [-0.39, 0.29) is 23.6 Å². The lowest BCUT2D eigenvalue weighted by Gasteiger charge is -2.35. The van der Waals surface area contributed by atoms with Gasteiger partial charge in [-0.05, 0) is 66.4 Å². The number of nitrogens with one attached hydrogen (secondary N) is 1. The van der Waals surface area contributed by atoms with Crippen LogP contribution in [-0.4, -0.2) is 46.1 Å². The molecular weight excluding hydrogens is 450 g/mol. The van der Waals surface area contributed by atoms with Gasteiger partial charge in [-0.3, -0.25) is 14.4 Å². The van der Waals surface area contributed by atoms with Crippen LogP contribution in [0.25, 0.3) is 5.57 Å². The van der Waals surface area contributed by atoms with Crippen LogP contribution in [0.15, 0.2) is 54.6 Å². The summed E-state index contributed by atoms with van der Waals surface area (Å²) in [4.78, 5) is 43.4. The first-order valence-electron chi connectivity index (χ1n) is 13.2. The fourth-order valence-electron chi connectivity index (χ4n) is 5.83. The molecule has 2 heterocycles. The lowest BCUT2D eigenvalue weighted by Crippen LogP contribution is -2.55. The number of likely N-dealkylation sites (tertiary alicyclic amines) is 1. The van der Waals surface area contributed by atoms with Crippen LogP contribution in [0.3, 0.4) is 0 Å². The number of amides is 3. The Bertz CT molecular complexity index is 1180. The molecule has 0 saturated carbocycles. The summed E-state index contributed by atoms with van der Waals surface area (Å²) in [6, 6.07) is 14.8. The summed E-state index contributed by atoms with van der Waals surface area (Å²) < 4.78 is 0. The topological polar surface area (TPSA) is 69.7 Å². The number of benzene rings is 2. The molecule has 0 spiro atoms. The molecule has 188 valence electrons. The van der Waals surface area contributed by atoms with Crippen LogP contribution in [0, 0.1) is 5.92 Å². The maximum atomic E-state index is 13.8. The summed E-state index contributed by atoms with van der Waals surface area (Å²) in [7, 11) is 0. The van der Waals surface area contributed by atoms with E-state index >= 15 is 0 Å². The number of fused-ring (bicyclic) bond motifs is 1. The summed E-state index contributed by atoms with van der Waals surface area (Å²) in [6.45, 7) is 5.34. The van der Waals surface area contributed by atoms with Crippen molar-refractivity contribution in [1.82, 2.24) is 15.1 Å². The normalized spacial score (nSPS) is 20.0. The van der Waals surface area contributed by atoms with E-state index in [0.29, 0.717) is 31.6 Å². The molecule has 0 bridgehead atoms. The van der Waals surface area contributed by atoms with Gasteiger partial charge in [-0.1, -0.05) is 62.4 Å². The van der Waals surface area contributed by atoms with Crippen LogP contribution in [0.2, 0.25) is 0 Å². The van der Waals surface area contributed by atoms with Crippen molar-refractivity contribution < 1.29 is 14.4 Å². The Hall–Kier alpha value is -3.41. The Morgan fingerprint density at radius 1 is 1.06 bits per heavy atom. The summed E-state index contributed by atoms with van der Waals surface area (Å²) >= 11 is 0. The van der Waals surface area contributed by atoms with Crippen molar-refractivity contribution in [3.05, 3.63) is 76.9 Å². The molecule has 2 unspecified atom stereocenters. The molecule has 6 nitrogen and oxygen atoms in total. The zero-order chi connectivity index (χ0) is 25.2. The van der Waals surface area contributed by atoms with Crippen LogP contribution >= 0.6 is 0 Å². The van der Waals surface area contributed by atoms with Gasteiger partial charge in [-0.15, -0.1) is 0 Å². The van der Waals surface area contributed by atoms with Gasteiger partial charge in [0.2, 0.25) is 11.8 Å². The van der Waals surface area contributed by atoms with E-state index < -0.39 is 12.1 Å². The van der Waals surface area contributed by atoms with Crippen LogP contribution in [0.5, 0.6) is 0 Å². The number of carbonyl (C=O) groups excluding carboxylic acids is 3. The average molecular weight is 486 g/mol. The predicted octanol–water partition coefficient (Wildman–Crippen LogP) is 4.54. The quantitative estimate of drug-likeness (QED) is 0.626. The van der Waals surface area contributed by atoms with Crippen molar-refractivity contribution in [2.24, 2.45) is 5.92 Å². The van der Waals surface area contributed by atoms with Gasteiger partial charge in [0.05, 0.1) is 0 Å². The van der Waals surface area contributed by atoms with E-state index in [1.807, 2.05) is 38.1 Å². The van der Waals surface area contributed by atoms with E-state index in [4.69, 9.17) is 0 Å². The Morgan fingerprint density at radius 3 is 2.53 bits per heavy atom. The van der Waals surface area contributed by atoms with Gasteiger partial charge in [-0.25, -0.2) is 0 Å². The van der Waals surface area contributed by atoms with Gasteiger partial charge in [0.25, 0.3) is 5.91 Å². The average Bonchev–Trinajstić information content (AvgIpc) is 3.64. The van der Waals surface area contributed by atoms with Crippen molar-refractivity contribution in [1.29, 1.82) is 0 Å². The molecule has 6 heteroatoms. The summed E-state index contributed by atoms with van der Waals surface area (Å²) in [5.74, 6) is -0.414. The third-order valence-electron chi connectivity index (χ3n) is 7.74. The van der Waals surface area contributed by atoms with E-state index in [9.17, 15) is 14.4 Å². The zero-order valence-corrected chi connectivity index (χ0v) is 21.2. The van der Waals surface area contributed by atoms with Gasteiger partial charge in [0.15, 0.2) is 0 Å². The molecule has 3 aliphatic rings. The molecule has 36 heavy (non-hydrogen) atoms. The highest BCUT2D eigenvalue weighted by Gasteiger charge is 2.43. The largest absolute Gasteiger partial charge is 0.350 e. The molecule has 2 aromatic carbocycles. The second-order valence-electron chi connectivity index (χ2n) is 10.5. The molecule has 0 radical (unpaired) electrons. The summed E-state index contributed by atoms with van der Waals surface area (Å²) in [5, 5.41) is 3.05. The molecule has 0 aromatic heterocycles. The predicted molar refractivity (Wildman–Crippen MR) is 140 cm³/mol. The molecule has 2 aromatic rings. The smallest absolute Gasteiger partial charge is 0.255 e. The Balaban J connectivity index is 1.24. The van der Waals surface area contributed by atoms with Crippen molar-refractivity contribution >= 4 is 23.3 Å². The summed E-state index contributed by atoms with van der Waals surface area (Å²) in [5.41, 5.74) is 5.33. The summed E-state index contributed by atoms with van der Waals surface area (Å²) in [6.07, 6.45) is 7.24. The minimum absolute atomic E-state index is 0.0615. The fourth-order valence-corrected chi connectivity index (χ4v) is 5.83. The number of hydrogen-bond donors (Lipinski definition) is 1. The van der Waals surface area contributed by atoms with Crippen molar-refractivity contribution in [2.45, 2.75) is 71.1 Å². The number of allylic oxidation sites excluding steroid dienone is 2. The van der Waals surface area contributed by atoms with E-state index in [2.05, 4.69) is 35.7 Å². The number of hydrogen-bond acceptors (Lipinski definition) is 3. The molecule has 3 amide bonds. The third kappa shape index (κ3) is 4.69. The van der Waals surface area contributed by atoms with Crippen LogP contribution < -0.4 is 5.32 Å². The second-order valence-corrected chi connectivity index (χ2v) is 10.5. The van der Waals surface area contributed by atoms with Gasteiger partial charge in [-0.2, -0.15) is 0 Å². The Kier molecular flexibility index (Phi) is 6.95. The molecular formula is C30H35N3O3. The Morgan fingerprint density at radius 2 is 1.83 bits per heavy atom. The highest BCUT2D eigenvalue weighted by Crippen LogP contribution is 2.30. The minimum Gasteiger partial charge on any atom is -0.350 e. The lowest BCUT2D eigenvalue weighted by atomic mass is 10.0. The number of nitrogens with zero attached hydrogens (tertiary/aromatic N) is 2. The monoisotopic (exact) mass is 485 g/mol. The molecule has 1 N–H and O–H groups in total. The van der Waals surface area contributed by atoms with E-state index in [0.717, 1.165) is 30.4 Å². The molecule has 5 rings (SSSR count). The lowest BCUT2D eigenvalue weighted by molar-refractivity contribution is -0.143. The zero-order valence-electron chi connectivity index (χ0n) is 21.2. The Labute approximate surface area is 213 Å². The fraction of sp³-hybridized carbons (Fsp3) is 0.433. The minimum atomic E-state index is -0.587. The molecule has 1 saturated heterocycles. The number of rotatable bonds is 7. The second kappa shape index (κ2) is 10.3. The first-order chi connectivity index (χ1) is 17.4. The van der Waals surface area contributed by atoms with Crippen LogP contribution in [-0.2, 0) is 22.7 Å². The molecule has 1 aliphatic carbocycles. The van der Waals surface area contributed by atoms with Crippen LogP contribution in [0.4, 0.5) is 0 Å². The highest BCUT2D eigenvalue weighted by molar-refractivity contribution is 6.01. The third-order valence-corrected chi connectivity index (χ3v) is 7.74. The highest BCUT2D eigenvalue weighted by atomic mass is 16.2. The maximum absolute atomic E-state index is 13.8.